The first-order valence-corrected chi connectivity index (χ1v) is 9.87. The highest BCUT2D eigenvalue weighted by atomic mass is 32.2. The SMILES string of the molecule is Cc1ccc(C2COCCN2S(=O)(=O)c2cnc3ccsc3c2)o1. The molecule has 3 aromatic heterocycles. The monoisotopic (exact) mass is 364 g/mol. The number of fused-ring (bicyclic) bond motifs is 1. The number of nitrogens with zero attached hydrogens (tertiary/aromatic N) is 2. The molecule has 1 atom stereocenters. The van der Waals surface area contributed by atoms with Crippen LogP contribution in [-0.2, 0) is 14.8 Å². The number of hydrogen-bond acceptors (Lipinski definition) is 6. The fourth-order valence-electron chi connectivity index (χ4n) is 2.84. The maximum atomic E-state index is 13.1. The molecule has 1 aliphatic rings. The Kier molecular flexibility index (Phi) is 3.92. The second-order valence-corrected chi connectivity index (χ2v) is 8.47. The Morgan fingerprint density at radius 1 is 1.33 bits per heavy atom. The summed E-state index contributed by atoms with van der Waals surface area (Å²) in [6, 6.07) is 6.73. The Hall–Kier alpha value is -1.74. The molecule has 24 heavy (non-hydrogen) atoms. The molecule has 4 rings (SSSR count). The summed E-state index contributed by atoms with van der Waals surface area (Å²) in [6.07, 6.45) is 1.42. The number of rotatable bonds is 3. The maximum absolute atomic E-state index is 13.1. The van der Waals surface area contributed by atoms with Crippen LogP contribution in [0.2, 0.25) is 0 Å². The molecule has 0 spiro atoms. The van der Waals surface area contributed by atoms with Crippen LogP contribution in [0.25, 0.3) is 10.2 Å². The topological polar surface area (TPSA) is 72.6 Å². The summed E-state index contributed by atoms with van der Waals surface area (Å²) >= 11 is 1.48. The number of thiophene rings is 1. The van der Waals surface area contributed by atoms with Gasteiger partial charge in [0.05, 0.1) is 23.4 Å². The number of morpholine rings is 1. The number of furan rings is 1. The third kappa shape index (κ3) is 2.65. The van der Waals surface area contributed by atoms with Gasteiger partial charge in [0, 0.05) is 12.7 Å². The first-order chi connectivity index (χ1) is 11.6. The van der Waals surface area contributed by atoms with Crippen molar-refractivity contribution in [3.8, 4) is 0 Å². The minimum Gasteiger partial charge on any atom is -0.465 e. The Labute approximate surface area is 143 Å². The molecule has 0 radical (unpaired) electrons. The van der Waals surface area contributed by atoms with Crippen molar-refractivity contribution in [3.63, 3.8) is 0 Å². The molecule has 3 aromatic rings. The van der Waals surface area contributed by atoms with Crippen molar-refractivity contribution in [2.45, 2.75) is 17.9 Å². The van der Waals surface area contributed by atoms with Gasteiger partial charge in [0.1, 0.15) is 22.5 Å². The van der Waals surface area contributed by atoms with E-state index in [1.54, 1.807) is 12.1 Å². The molecule has 0 amide bonds. The van der Waals surface area contributed by atoms with Crippen molar-refractivity contribution in [3.05, 3.63) is 47.4 Å². The van der Waals surface area contributed by atoms with Gasteiger partial charge in [0.2, 0.25) is 10.0 Å². The van der Waals surface area contributed by atoms with Crippen molar-refractivity contribution in [2.24, 2.45) is 0 Å². The zero-order valence-corrected chi connectivity index (χ0v) is 14.6. The van der Waals surface area contributed by atoms with E-state index in [1.165, 1.54) is 21.8 Å². The van der Waals surface area contributed by atoms with E-state index in [9.17, 15) is 8.42 Å². The number of aromatic nitrogens is 1. The minimum absolute atomic E-state index is 0.202. The zero-order chi connectivity index (χ0) is 16.7. The average molecular weight is 364 g/mol. The van der Waals surface area contributed by atoms with Crippen molar-refractivity contribution >= 4 is 31.6 Å². The fraction of sp³-hybridized carbons (Fsp3) is 0.312. The summed E-state index contributed by atoms with van der Waals surface area (Å²) in [5.41, 5.74) is 0.805. The molecule has 4 heterocycles. The van der Waals surface area contributed by atoms with Crippen LogP contribution in [0.5, 0.6) is 0 Å². The molecule has 0 saturated carbocycles. The molecule has 8 heteroatoms. The van der Waals surface area contributed by atoms with Gasteiger partial charge < -0.3 is 9.15 Å². The minimum atomic E-state index is -3.68. The van der Waals surface area contributed by atoms with Gasteiger partial charge in [-0.3, -0.25) is 4.98 Å². The summed E-state index contributed by atoms with van der Waals surface area (Å²) < 4.78 is 39.7. The van der Waals surface area contributed by atoms with E-state index >= 15 is 0 Å². The normalized spacial score (nSPS) is 19.8. The van der Waals surface area contributed by atoms with Gasteiger partial charge >= 0.3 is 0 Å². The molecule has 1 aliphatic heterocycles. The highest BCUT2D eigenvalue weighted by Gasteiger charge is 2.37. The molecule has 1 saturated heterocycles. The van der Waals surface area contributed by atoms with Crippen LogP contribution in [0.4, 0.5) is 0 Å². The first-order valence-electron chi connectivity index (χ1n) is 7.55. The molecule has 1 fully saturated rings. The molecule has 6 nitrogen and oxygen atoms in total. The lowest BCUT2D eigenvalue weighted by atomic mass is 10.2. The van der Waals surface area contributed by atoms with Crippen LogP contribution < -0.4 is 0 Å². The lowest BCUT2D eigenvalue weighted by molar-refractivity contribution is 0.0241. The lowest BCUT2D eigenvalue weighted by Gasteiger charge is -2.33. The van der Waals surface area contributed by atoms with Gasteiger partial charge in [-0.2, -0.15) is 4.31 Å². The van der Waals surface area contributed by atoms with E-state index in [0.717, 1.165) is 16.0 Å². The molecule has 0 N–H and O–H groups in total. The Morgan fingerprint density at radius 2 is 2.21 bits per heavy atom. The van der Waals surface area contributed by atoms with Crippen LogP contribution in [0.15, 0.2) is 45.2 Å². The van der Waals surface area contributed by atoms with Gasteiger partial charge in [-0.15, -0.1) is 11.3 Å². The summed E-state index contributed by atoms with van der Waals surface area (Å²) in [6.45, 7) is 2.76. The second kappa shape index (κ2) is 5.96. The van der Waals surface area contributed by atoms with Crippen LogP contribution in [0, 0.1) is 6.92 Å². The molecule has 0 bridgehead atoms. The van der Waals surface area contributed by atoms with Crippen LogP contribution in [0.3, 0.4) is 0 Å². The predicted molar refractivity (Wildman–Crippen MR) is 90.5 cm³/mol. The highest BCUT2D eigenvalue weighted by Crippen LogP contribution is 2.32. The van der Waals surface area contributed by atoms with Gasteiger partial charge in [-0.05, 0) is 36.6 Å². The molecular weight excluding hydrogens is 348 g/mol. The Bertz CT molecular complexity index is 977. The number of pyridine rings is 1. The lowest BCUT2D eigenvalue weighted by Crippen LogP contribution is -2.43. The van der Waals surface area contributed by atoms with Crippen LogP contribution in [0.1, 0.15) is 17.6 Å². The summed E-state index contributed by atoms with van der Waals surface area (Å²) in [4.78, 5) is 4.46. The van der Waals surface area contributed by atoms with E-state index in [2.05, 4.69) is 4.98 Å². The number of hydrogen-bond donors (Lipinski definition) is 0. The van der Waals surface area contributed by atoms with Gasteiger partial charge in [0.25, 0.3) is 0 Å². The number of sulfonamides is 1. The molecular formula is C16H16N2O4S2. The van der Waals surface area contributed by atoms with E-state index < -0.39 is 16.1 Å². The fourth-order valence-corrected chi connectivity index (χ4v) is 5.23. The predicted octanol–water partition coefficient (Wildman–Crippen LogP) is 2.96. The van der Waals surface area contributed by atoms with Gasteiger partial charge in [-0.1, -0.05) is 0 Å². The third-order valence-electron chi connectivity index (χ3n) is 4.05. The van der Waals surface area contributed by atoms with Crippen molar-refractivity contribution in [1.29, 1.82) is 0 Å². The molecule has 126 valence electrons. The summed E-state index contributed by atoms with van der Waals surface area (Å²) in [5, 5.41) is 1.90. The van der Waals surface area contributed by atoms with E-state index in [0.29, 0.717) is 12.4 Å². The van der Waals surface area contributed by atoms with Crippen LogP contribution >= 0.6 is 11.3 Å². The Morgan fingerprint density at radius 3 is 3.00 bits per heavy atom. The summed E-state index contributed by atoms with van der Waals surface area (Å²) in [5.74, 6) is 1.34. The van der Waals surface area contributed by atoms with Crippen molar-refractivity contribution in [2.75, 3.05) is 19.8 Å². The van der Waals surface area contributed by atoms with E-state index in [-0.39, 0.29) is 18.0 Å². The Balaban J connectivity index is 1.75. The third-order valence-corrected chi connectivity index (χ3v) is 6.78. The first kappa shape index (κ1) is 15.8. The van der Waals surface area contributed by atoms with Crippen molar-refractivity contribution in [1.82, 2.24) is 9.29 Å². The smallest absolute Gasteiger partial charge is 0.245 e. The van der Waals surface area contributed by atoms with Crippen molar-refractivity contribution < 1.29 is 17.6 Å². The number of ether oxygens (including phenoxy) is 1. The van der Waals surface area contributed by atoms with E-state index in [4.69, 9.17) is 9.15 Å². The maximum Gasteiger partial charge on any atom is 0.245 e. The largest absolute Gasteiger partial charge is 0.465 e. The quantitative estimate of drug-likeness (QED) is 0.714. The van der Waals surface area contributed by atoms with Gasteiger partial charge in [0.15, 0.2) is 0 Å². The standard InChI is InChI=1S/C16H16N2O4S2/c1-11-2-3-15(22-11)14-10-21-6-5-18(14)24(19,20)12-8-16-13(17-9-12)4-7-23-16/h2-4,7-9,14H,5-6,10H2,1H3. The second-order valence-electron chi connectivity index (χ2n) is 5.63. The molecule has 1 unspecified atom stereocenters. The average Bonchev–Trinajstić information content (AvgIpc) is 3.22. The van der Waals surface area contributed by atoms with E-state index in [1.807, 2.05) is 24.4 Å². The van der Waals surface area contributed by atoms with Crippen LogP contribution in [-0.4, -0.2) is 37.5 Å². The molecule has 0 aliphatic carbocycles. The zero-order valence-electron chi connectivity index (χ0n) is 13.0. The highest BCUT2D eigenvalue weighted by molar-refractivity contribution is 7.89. The molecule has 0 aromatic carbocycles. The van der Waals surface area contributed by atoms with Gasteiger partial charge in [-0.25, -0.2) is 8.42 Å². The number of aryl methyl sites for hydroxylation is 1. The summed E-state index contributed by atoms with van der Waals surface area (Å²) in [7, 11) is -3.68.